The van der Waals surface area contributed by atoms with Crippen LogP contribution in [0.1, 0.15) is 70.3 Å². The molecule has 0 aliphatic heterocycles. The van der Waals surface area contributed by atoms with E-state index in [4.69, 9.17) is 19.3 Å². The van der Waals surface area contributed by atoms with Crippen LogP contribution >= 0.6 is 34.0 Å². The molecule has 0 unspecified atom stereocenters. The molecule has 0 saturated heterocycles. The van der Waals surface area contributed by atoms with E-state index in [1.807, 2.05) is 9.44 Å². The second-order valence-electron chi connectivity index (χ2n) is 10.2. The first kappa shape index (κ1) is 40.2. The lowest BCUT2D eigenvalue weighted by Crippen LogP contribution is -2.35. The standard InChI is InChI=1S/C27H36N4O12S6/c1-5-41-20-14-17(45-23(20)27(34)31-49(28,39)40)9-8-12-43-21-15-18(46-24(21)25(32)29-47(4,35)36)10-7-11-42-19-13-16(3)44-22(19)26(33)30-48(37,38)6-2/h13-15H,5-12H2,1-4H3,(H,29,32)(H,30,33)(H,31,34)(H2,28,39,40). The number of thiophene rings is 3. The predicted octanol–water partition coefficient (Wildman–Crippen LogP) is 2.30. The molecule has 0 bridgehead atoms. The number of aryl methyl sites for hydroxylation is 3. The van der Waals surface area contributed by atoms with Crippen molar-refractivity contribution in [3.05, 3.63) is 47.5 Å². The fourth-order valence-corrected chi connectivity index (χ4v) is 8.49. The highest BCUT2D eigenvalue weighted by Gasteiger charge is 2.24. The van der Waals surface area contributed by atoms with E-state index in [2.05, 4.69) is 0 Å². The molecule has 0 saturated carbocycles. The summed E-state index contributed by atoms with van der Waals surface area (Å²) < 4.78 is 92.5. The van der Waals surface area contributed by atoms with Gasteiger partial charge in [-0.3, -0.25) is 14.4 Å². The number of nitrogens with two attached hydrogens (primary N) is 1. The van der Waals surface area contributed by atoms with Gasteiger partial charge in [0.15, 0.2) is 0 Å². The Bertz CT molecular complexity index is 2000. The zero-order chi connectivity index (χ0) is 36.6. The zero-order valence-corrected chi connectivity index (χ0v) is 31.7. The molecule has 0 radical (unpaired) electrons. The van der Waals surface area contributed by atoms with Crippen molar-refractivity contribution in [2.45, 2.75) is 46.5 Å². The normalized spacial score (nSPS) is 11.9. The first-order valence-electron chi connectivity index (χ1n) is 14.5. The summed E-state index contributed by atoms with van der Waals surface area (Å²) in [6, 6.07) is 4.87. The lowest BCUT2D eigenvalue weighted by molar-refractivity contribution is 0.0972. The van der Waals surface area contributed by atoms with Gasteiger partial charge in [0, 0.05) is 14.6 Å². The van der Waals surface area contributed by atoms with E-state index in [1.165, 1.54) is 6.92 Å². The molecular weight excluding hydrogens is 765 g/mol. The summed E-state index contributed by atoms with van der Waals surface area (Å²) >= 11 is 3.17. The summed E-state index contributed by atoms with van der Waals surface area (Å²) in [5.74, 6) is -2.21. The van der Waals surface area contributed by atoms with Crippen molar-refractivity contribution in [3.8, 4) is 17.2 Å². The summed E-state index contributed by atoms with van der Waals surface area (Å²) in [4.78, 5) is 40.0. The van der Waals surface area contributed by atoms with Crippen molar-refractivity contribution in [1.29, 1.82) is 0 Å². The van der Waals surface area contributed by atoms with Gasteiger partial charge < -0.3 is 14.2 Å². The molecule has 3 amide bonds. The van der Waals surface area contributed by atoms with Crippen LogP contribution in [-0.2, 0) is 43.1 Å². The molecule has 22 heteroatoms. The molecule has 3 aromatic rings. The Morgan fingerprint density at radius 1 is 0.694 bits per heavy atom. The number of carbonyl (C=O) groups is 3. The Hall–Kier alpha value is -3.28. The molecule has 0 aromatic carbocycles. The van der Waals surface area contributed by atoms with E-state index in [9.17, 15) is 39.6 Å². The maximum Gasteiger partial charge on any atom is 0.299 e. The minimum Gasteiger partial charge on any atom is -0.492 e. The van der Waals surface area contributed by atoms with Crippen LogP contribution in [0.25, 0.3) is 0 Å². The quantitative estimate of drug-likeness (QED) is 0.128. The number of nitrogens with one attached hydrogen (secondary N) is 3. The second-order valence-corrected chi connectivity index (χ2v) is 18.8. The highest BCUT2D eigenvalue weighted by molar-refractivity contribution is 7.90. The van der Waals surface area contributed by atoms with E-state index in [1.54, 1.807) is 36.8 Å². The Labute approximate surface area is 296 Å². The largest absolute Gasteiger partial charge is 0.492 e. The van der Waals surface area contributed by atoms with E-state index < -0.39 is 48.0 Å². The van der Waals surface area contributed by atoms with Crippen molar-refractivity contribution < 1.29 is 53.8 Å². The molecule has 49 heavy (non-hydrogen) atoms. The molecular formula is C27H36N4O12S6. The predicted molar refractivity (Wildman–Crippen MR) is 186 cm³/mol. The third-order valence-corrected chi connectivity index (χ3v) is 11.7. The topological polar surface area (TPSA) is 243 Å². The molecule has 0 atom stereocenters. The Balaban J connectivity index is 1.65. The molecule has 272 valence electrons. The minimum atomic E-state index is -4.27. The monoisotopic (exact) mass is 800 g/mol. The van der Waals surface area contributed by atoms with E-state index in [-0.39, 0.29) is 57.5 Å². The van der Waals surface area contributed by atoms with Crippen molar-refractivity contribution in [1.82, 2.24) is 14.2 Å². The maximum atomic E-state index is 12.8. The van der Waals surface area contributed by atoms with Crippen LogP contribution in [0.5, 0.6) is 17.2 Å². The van der Waals surface area contributed by atoms with Gasteiger partial charge in [0.25, 0.3) is 27.9 Å². The van der Waals surface area contributed by atoms with Crippen molar-refractivity contribution >= 4 is 82.0 Å². The Morgan fingerprint density at radius 3 is 1.61 bits per heavy atom. The van der Waals surface area contributed by atoms with E-state index in [0.717, 1.165) is 45.1 Å². The van der Waals surface area contributed by atoms with Crippen LogP contribution < -0.4 is 33.5 Å². The van der Waals surface area contributed by atoms with Gasteiger partial charge >= 0.3 is 0 Å². The molecule has 0 spiro atoms. The first-order chi connectivity index (χ1) is 22.8. The third-order valence-electron chi connectivity index (χ3n) is 6.03. The molecule has 0 fully saturated rings. The summed E-state index contributed by atoms with van der Waals surface area (Å²) in [5.41, 5.74) is 0. The van der Waals surface area contributed by atoms with Gasteiger partial charge in [0.05, 0.1) is 31.8 Å². The van der Waals surface area contributed by atoms with Crippen LogP contribution in [0.15, 0.2) is 18.2 Å². The van der Waals surface area contributed by atoms with Crippen LogP contribution in [0.3, 0.4) is 0 Å². The van der Waals surface area contributed by atoms with Gasteiger partial charge in [0.1, 0.15) is 31.9 Å². The first-order valence-corrected chi connectivity index (χ1v) is 22.0. The van der Waals surface area contributed by atoms with Crippen LogP contribution in [0, 0.1) is 6.92 Å². The summed E-state index contributed by atoms with van der Waals surface area (Å²) in [6.07, 6.45) is 2.49. The Kier molecular flexibility index (Phi) is 14.0. The SMILES string of the molecule is CCOc1cc(CCCOc2cc(CCCOc3cc(C)sc3C(=O)NS(=O)(=O)CC)sc2C(=O)NS(C)(=O)=O)sc1C(=O)NS(N)(=O)=O. The average Bonchev–Trinajstić information content (AvgIpc) is 3.68. The van der Waals surface area contributed by atoms with Crippen LogP contribution in [0.2, 0.25) is 0 Å². The van der Waals surface area contributed by atoms with Gasteiger partial charge in [0.2, 0.25) is 20.0 Å². The van der Waals surface area contributed by atoms with Crippen molar-refractivity contribution in [3.63, 3.8) is 0 Å². The number of hydrogen-bond donors (Lipinski definition) is 4. The highest BCUT2D eigenvalue weighted by Crippen LogP contribution is 2.33. The van der Waals surface area contributed by atoms with Crippen LogP contribution in [0.4, 0.5) is 0 Å². The third kappa shape index (κ3) is 12.8. The van der Waals surface area contributed by atoms with Gasteiger partial charge in [-0.25, -0.2) is 36.1 Å². The smallest absolute Gasteiger partial charge is 0.299 e. The summed E-state index contributed by atoms with van der Waals surface area (Å²) in [5, 5.41) is 4.91. The van der Waals surface area contributed by atoms with Crippen molar-refractivity contribution in [2.75, 3.05) is 31.8 Å². The van der Waals surface area contributed by atoms with Gasteiger partial charge in [-0.05, 0) is 64.7 Å². The van der Waals surface area contributed by atoms with Gasteiger partial charge in [-0.1, -0.05) is 0 Å². The maximum absolute atomic E-state index is 12.8. The van der Waals surface area contributed by atoms with Crippen LogP contribution in [-0.4, -0.2) is 74.8 Å². The van der Waals surface area contributed by atoms with E-state index in [0.29, 0.717) is 35.4 Å². The molecule has 5 N–H and O–H groups in total. The molecule has 3 rings (SSSR count). The second kappa shape index (κ2) is 17.1. The zero-order valence-electron chi connectivity index (χ0n) is 26.8. The summed E-state index contributed by atoms with van der Waals surface area (Å²) in [6.45, 7) is 5.36. The van der Waals surface area contributed by atoms with Gasteiger partial charge in [-0.15, -0.1) is 34.0 Å². The highest BCUT2D eigenvalue weighted by atomic mass is 32.2. The number of sulfonamides is 2. The minimum absolute atomic E-state index is 0.0380. The molecule has 0 aliphatic rings. The Morgan fingerprint density at radius 2 is 1.14 bits per heavy atom. The summed E-state index contributed by atoms with van der Waals surface area (Å²) in [7, 11) is -11.9. The number of ether oxygens (including phenoxy) is 3. The average molecular weight is 801 g/mol. The molecule has 3 aromatic heterocycles. The number of rotatable bonds is 19. The number of carbonyl (C=O) groups excluding carboxylic acids is 3. The number of hydrogen-bond acceptors (Lipinski definition) is 15. The van der Waals surface area contributed by atoms with Gasteiger partial charge in [-0.2, -0.15) is 8.42 Å². The van der Waals surface area contributed by atoms with Crippen molar-refractivity contribution in [2.24, 2.45) is 5.14 Å². The molecule has 0 aliphatic carbocycles. The lowest BCUT2D eigenvalue weighted by atomic mass is 10.2. The molecule has 16 nitrogen and oxygen atoms in total. The van der Waals surface area contributed by atoms with E-state index >= 15 is 0 Å². The number of amides is 3. The fraction of sp³-hybridized carbons (Fsp3) is 0.444. The fourth-order valence-electron chi connectivity index (χ4n) is 4.04. The molecule has 3 heterocycles. The lowest BCUT2D eigenvalue weighted by Gasteiger charge is -2.07.